The van der Waals surface area contributed by atoms with E-state index in [1.54, 1.807) is 12.1 Å². The highest BCUT2D eigenvalue weighted by atomic mass is 16.5. The summed E-state index contributed by atoms with van der Waals surface area (Å²) in [4.78, 5) is 39.4. The summed E-state index contributed by atoms with van der Waals surface area (Å²) in [6, 6.07) is 2.95. The van der Waals surface area contributed by atoms with Crippen molar-refractivity contribution in [3.63, 3.8) is 0 Å². The molecule has 32 heavy (non-hydrogen) atoms. The Kier molecular flexibility index (Phi) is 6.57. The quantitative estimate of drug-likeness (QED) is 0.622. The molecule has 1 heterocycles. The maximum Gasteiger partial charge on any atom is 0.325 e. The van der Waals surface area contributed by atoms with E-state index < -0.39 is 17.5 Å². The predicted molar refractivity (Wildman–Crippen MR) is 118 cm³/mol. The molecule has 1 aliphatic carbocycles. The van der Waals surface area contributed by atoms with Crippen LogP contribution in [0.3, 0.4) is 0 Å². The molecule has 1 spiro atoms. The van der Waals surface area contributed by atoms with Crippen LogP contribution in [0.25, 0.3) is 0 Å². The topological polar surface area (TPSA) is 106 Å². The summed E-state index contributed by atoms with van der Waals surface area (Å²) >= 11 is 0. The van der Waals surface area contributed by atoms with Gasteiger partial charge in [-0.15, -0.1) is 0 Å². The largest absolute Gasteiger partial charge is 0.493 e. The van der Waals surface area contributed by atoms with Crippen LogP contribution in [0.15, 0.2) is 12.1 Å². The van der Waals surface area contributed by atoms with Crippen LogP contribution in [-0.2, 0) is 16.1 Å². The number of urea groups is 1. The first-order chi connectivity index (χ1) is 15.0. The number of carbonyl (C=O) groups is 3. The summed E-state index contributed by atoms with van der Waals surface area (Å²) in [7, 11) is 4.54. The monoisotopic (exact) mass is 447 g/mol. The Morgan fingerprint density at radius 2 is 1.75 bits per heavy atom. The lowest BCUT2D eigenvalue weighted by Gasteiger charge is -2.43. The highest BCUT2D eigenvalue weighted by molar-refractivity contribution is 6.09. The third kappa shape index (κ3) is 4.61. The van der Waals surface area contributed by atoms with E-state index in [1.165, 1.54) is 21.3 Å². The van der Waals surface area contributed by atoms with Gasteiger partial charge in [0.1, 0.15) is 12.1 Å². The number of nitrogens with one attached hydrogen (secondary N) is 2. The highest BCUT2D eigenvalue weighted by Gasteiger charge is 2.56. The summed E-state index contributed by atoms with van der Waals surface area (Å²) in [5.74, 6) is 0.964. The molecule has 176 valence electrons. The van der Waals surface area contributed by atoms with E-state index in [-0.39, 0.29) is 24.4 Å². The van der Waals surface area contributed by atoms with Crippen LogP contribution in [0.4, 0.5) is 4.79 Å². The van der Waals surface area contributed by atoms with E-state index in [2.05, 4.69) is 31.4 Å². The van der Waals surface area contributed by atoms with Crippen LogP contribution in [0, 0.1) is 11.3 Å². The van der Waals surface area contributed by atoms with Gasteiger partial charge in [-0.2, -0.15) is 0 Å². The van der Waals surface area contributed by atoms with Gasteiger partial charge < -0.3 is 24.8 Å². The lowest BCUT2D eigenvalue weighted by molar-refractivity contribution is -0.137. The van der Waals surface area contributed by atoms with Gasteiger partial charge in [-0.25, -0.2) is 4.79 Å². The van der Waals surface area contributed by atoms with E-state index in [9.17, 15) is 14.4 Å². The van der Waals surface area contributed by atoms with E-state index in [0.717, 1.165) is 16.9 Å². The molecule has 0 bridgehead atoms. The summed E-state index contributed by atoms with van der Waals surface area (Å²) in [6.07, 6.45) is 2.15. The highest BCUT2D eigenvalue weighted by Crippen LogP contribution is 2.46. The zero-order chi connectivity index (χ0) is 23.7. The Bertz CT molecular complexity index is 890. The molecule has 0 aromatic heterocycles. The standard InChI is InChI=1S/C23H33N3O6/c1-14-9-22(2,3)13-23(10-14)20(28)26(21(29)25-23)12-18(27)24-11-15-7-16(30-4)19(32-6)17(8-15)31-5/h7-8,14H,9-13H2,1-6H3,(H,24,27)(H,25,29)/t14-,23+/m0/s1. The number of nitrogens with zero attached hydrogens (tertiary/aromatic N) is 1. The van der Waals surface area contributed by atoms with Crippen molar-refractivity contribution in [3.8, 4) is 17.2 Å². The van der Waals surface area contributed by atoms with Crippen molar-refractivity contribution in [3.05, 3.63) is 17.7 Å². The van der Waals surface area contributed by atoms with E-state index in [0.29, 0.717) is 36.0 Å². The first kappa shape index (κ1) is 23.7. The van der Waals surface area contributed by atoms with E-state index in [4.69, 9.17) is 14.2 Å². The number of imide groups is 1. The van der Waals surface area contributed by atoms with Gasteiger partial charge in [0.25, 0.3) is 5.91 Å². The predicted octanol–water partition coefficient (Wildman–Crippen LogP) is 2.47. The second-order valence-corrected chi connectivity index (χ2v) is 9.57. The molecule has 0 unspecified atom stereocenters. The average Bonchev–Trinajstić information content (AvgIpc) is 2.92. The van der Waals surface area contributed by atoms with Crippen LogP contribution >= 0.6 is 0 Å². The molecule has 2 N–H and O–H groups in total. The molecule has 2 aliphatic rings. The molecular formula is C23H33N3O6. The molecule has 1 saturated heterocycles. The lowest BCUT2D eigenvalue weighted by atomic mass is 9.64. The fourth-order valence-electron chi connectivity index (χ4n) is 5.29. The number of ether oxygens (including phenoxy) is 3. The van der Waals surface area contributed by atoms with Crippen molar-refractivity contribution in [1.82, 2.24) is 15.5 Å². The van der Waals surface area contributed by atoms with Crippen molar-refractivity contribution in [2.75, 3.05) is 27.9 Å². The molecule has 9 heteroatoms. The fraction of sp³-hybridized carbons (Fsp3) is 0.609. The molecule has 1 aromatic carbocycles. The Hall–Kier alpha value is -2.97. The molecule has 2 atom stereocenters. The normalized spacial score (nSPS) is 24.3. The van der Waals surface area contributed by atoms with Crippen molar-refractivity contribution >= 4 is 17.8 Å². The van der Waals surface area contributed by atoms with Crippen molar-refractivity contribution < 1.29 is 28.6 Å². The van der Waals surface area contributed by atoms with Gasteiger partial charge in [0.2, 0.25) is 11.7 Å². The zero-order valence-corrected chi connectivity index (χ0v) is 19.7. The minimum atomic E-state index is -0.921. The van der Waals surface area contributed by atoms with Gasteiger partial charge >= 0.3 is 6.03 Å². The van der Waals surface area contributed by atoms with Crippen molar-refractivity contribution in [2.45, 2.75) is 52.1 Å². The summed E-state index contributed by atoms with van der Waals surface area (Å²) < 4.78 is 16.0. The van der Waals surface area contributed by atoms with Gasteiger partial charge in [0.05, 0.1) is 21.3 Å². The Morgan fingerprint density at radius 1 is 1.12 bits per heavy atom. The van der Waals surface area contributed by atoms with Crippen LogP contribution in [0.1, 0.15) is 45.6 Å². The minimum absolute atomic E-state index is 0.0641. The molecule has 0 radical (unpaired) electrons. The maximum absolute atomic E-state index is 13.2. The summed E-state index contributed by atoms with van der Waals surface area (Å²) in [6.45, 7) is 6.15. The Morgan fingerprint density at radius 3 is 2.28 bits per heavy atom. The average molecular weight is 448 g/mol. The smallest absolute Gasteiger partial charge is 0.325 e. The minimum Gasteiger partial charge on any atom is -0.493 e. The van der Waals surface area contributed by atoms with Gasteiger partial charge in [-0.1, -0.05) is 20.8 Å². The number of methoxy groups -OCH3 is 3. The number of hydrogen-bond acceptors (Lipinski definition) is 6. The number of hydrogen-bond donors (Lipinski definition) is 2. The number of amides is 4. The third-order valence-electron chi connectivity index (χ3n) is 6.14. The second-order valence-electron chi connectivity index (χ2n) is 9.57. The fourth-order valence-corrected chi connectivity index (χ4v) is 5.29. The zero-order valence-electron chi connectivity index (χ0n) is 19.7. The number of rotatable bonds is 7. The van der Waals surface area contributed by atoms with Gasteiger partial charge in [0, 0.05) is 6.54 Å². The molecule has 1 saturated carbocycles. The molecule has 1 aromatic rings. The lowest BCUT2D eigenvalue weighted by Crippen LogP contribution is -2.54. The molecule has 1 aliphatic heterocycles. The summed E-state index contributed by atoms with van der Waals surface area (Å²) in [5.41, 5.74) is -0.259. The van der Waals surface area contributed by atoms with E-state index >= 15 is 0 Å². The number of carbonyl (C=O) groups excluding carboxylic acids is 3. The van der Waals surface area contributed by atoms with Crippen molar-refractivity contribution in [2.24, 2.45) is 11.3 Å². The van der Waals surface area contributed by atoms with Crippen LogP contribution in [-0.4, -0.2) is 56.2 Å². The summed E-state index contributed by atoms with van der Waals surface area (Å²) in [5, 5.41) is 5.65. The SMILES string of the molecule is COc1cc(CNC(=O)CN2C(=O)N[C@@]3(C[C@@H](C)CC(C)(C)C3)C2=O)cc(OC)c1OC. The molecule has 3 rings (SSSR count). The Labute approximate surface area is 188 Å². The van der Waals surface area contributed by atoms with Gasteiger partial charge in [0.15, 0.2) is 11.5 Å². The molecule has 2 fully saturated rings. The van der Waals surface area contributed by atoms with Crippen LogP contribution in [0.2, 0.25) is 0 Å². The van der Waals surface area contributed by atoms with Crippen LogP contribution in [0.5, 0.6) is 17.2 Å². The molecular weight excluding hydrogens is 414 g/mol. The maximum atomic E-state index is 13.2. The Balaban J connectivity index is 1.67. The van der Waals surface area contributed by atoms with E-state index in [1.807, 2.05) is 0 Å². The first-order valence-electron chi connectivity index (χ1n) is 10.7. The van der Waals surface area contributed by atoms with Crippen LogP contribution < -0.4 is 24.8 Å². The second kappa shape index (κ2) is 8.88. The first-order valence-corrected chi connectivity index (χ1v) is 10.7. The van der Waals surface area contributed by atoms with Gasteiger partial charge in [-0.05, 0) is 48.3 Å². The number of benzene rings is 1. The molecule has 4 amide bonds. The molecule has 9 nitrogen and oxygen atoms in total. The van der Waals surface area contributed by atoms with Gasteiger partial charge in [-0.3, -0.25) is 14.5 Å². The van der Waals surface area contributed by atoms with Crippen molar-refractivity contribution in [1.29, 1.82) is 0 Å². The third-order valence-corrected chi connectivity index (χ3v) is 6.14.